The molecule has 1 aromatic rings. The fourth-order valence-electron chi connectivity index (χ4n) is 3.08. The van der Waals surface area contributed by atoms with Crippen molar-refractivity contribution in [2.24, 2.45) is 0 Å². The number of hydrogen-bond donors (Lipinski definition) is 0. The van der Waals surface area contributed by atoms with E-state index in [2.05, 4.69) is 0 Å². The van der Waals surface area contributed by atoms with E-state index in [0.29, 0.717) is 26.0 Å². The maximum Gasteiger partial charge on any atom is 0.410 e. The van der Waals surface area contributed by atoms with Crippen LogP contribution in [0.25, 0.3) is 0 Å². The minimum atomic E-state index is -0.969. The highest BCUT2D eigenvalue weighted by molar-refractivity contribution is 5.87. The Hall–Kier alpha value is -2.04. The van der Waals surface area contributed by atoms with Gasteiger partial charge in [0.25, 0.3) is 0 Å². The molecule has 0 unspecified atom stereocenters. The molecule has 0 aliphatic carbocycles. The summed E-state index contributed by atoms with van der Waals surface area (Å²) in [4.78, 5) is 26.7. The van der Waals surface area contributed by atoms with Gasteiger partial charge in [-0.3, -0.25) is 4.90 Å². The van der Waals surface area contributed by atoms with Crippen molar-refractivity contribution in [2.75, 3.05) is 13.2 Å². The van der Waals surface area contributed by atoms with E-state index in [1.807, 2.05) is 30.3 Å². The Labute approximate surface area is 137 Å². The fourth-order valence-corrected chi connectivity index (χ4v) is 3.08. The molecule has 23 heavy (non-hydrogen) atoms. The van der Waals surface area contributed by atoms with Crippen LogP contribution in [0, 0.1) is 0 Å². The highest BCUT2D eigenvalue weighted by atomic mass is 16.6. The zero-order valence-corrected chi connectivity index (χ0v) is 14.1. The van der Waals surface area contributed by atoms with Crippen LogP contribution in [0.2, 0.25) is 0 Å². The summed E-state index contributed by atoms with van der Waals surface area (Å²) in [7, 11) is 0. The Morgan fingerprint density at radius 1 is 1.26 bits per heavy atom. The van der Waals surface area contributed by atoms with Crippen LogP contribution in [-0.4, -0.2) is 41.8 Å². The first-order chi connectivity index (χ1) is 11.0. The molecular formula is C18H25NO4. The molecule has 5 nitrogen and oxygen atoms in total. The van der Waals surface area contributed by atoms with Gasteiger partial charge in [0.15, 0.2) is 0 Å². The molecule has 1 aliphatic rings. The maximum absolute atomic E-state index is 12.7. The number of nitrogens with zero attached hydrogens (tertiary/aromatic N) is 1. The average Bonchev–Trinajstić information content (AvgIpc) is 2.93. The lowest BCUT2D eigenvalue weighted by atomic mass is 9.88. The molecule has 1 fully saturated rings. The molecule has 1 amide bonds. The van der Waals surface area contributed by atoms with Crippen molar-refractivity contribution in [2.45, 2.75) is 51.7 Å². The molecule has 0 N–H and O–H groups in total. The minimum Gasteiger partial charge on any atom is -0.464 e. The van der Waals surface area contributed by atoms with Gasteiger partial charge in [0.05, 0.1) is 12.7 Å². The fraction of sp³-hybridized carbons (Fsp3) is 0.556. The van der Waals surface area contributed by atoms with E-state index in [9.17, 15) is 9.59 Å². The van der Waals surface area contributed by atoms with Crippen LogP contribution in [0.5, 0.6) is 0 Å². The minimum absolute atomic E-state index is 0.222. The molecule has 1 atom stereocenters. The van der Waals surface area contributed by atoms with Crippen molar-refractivity contribution in [3.63, 3.8) is 0 Å². The lowest BCUT2D eigenvalue weighted by Crippen LogP contribution is -2.55. The molecule has 0 bridgehead atoms. The number of amides is 1. The van der Waals surface area contributed by atoms with E-state index in [1.165, 1.54) is 0 Å². The van der Waals surface area contributed by atoms with Crippen LogP contribution in [0.3, 0.4) is 0 Å². The average molecular weight is 319 g/mol. The van der Waals surface area contributed by atoms with Gasteiger partial charge in [-0.05, 0) is 39.2 Å². The highest BCUT2D eigenvalue weighted by Gasteiger charge is 2.51. The summed E-state index contributed by atoms with van der Waals surface area (Å²) < 4.78 is 10.6. The van der Waals surface area contributed by atoms with Gasteiger partial charge in [0.1, 0.15) is 5.54 Å². The topological polar surface area (TPSA) is 55.8 Å². The molecule has 0 spiro atoms. The normalized spacial score (nSPS) is 20.6. The third-order valence-corrected chi connectivity index (χ3v) is 4.04. The summed E-state index contributed by atoms with van der Waals surface area (Å²) in [5.74, 6) is -0.345. The van der Waals surface area contributed by atoms with Gasteiger partial charge in [-0.2, -0.15) is 0 Å². The van der Waals surface area contributed by atoms with Crippen molar-refractivity contribution in [1.29, 1.82) is 0 Å². The molecule has 1 aromatic carbocycles. The third-order valence-electron chi connectivity index (χ3n) is 4.04. The van der Waals surface area contributed by atoms with Crippen LogP contribution >= 0.6 is 0 Å². The van der Waals surface area contributed by atoms with Crippen molar-refractivity contribution in [3.05, 3.63) is 35.9 Å². The number of benzene rings is 1. The van der Waals surface area contributed by atoms with Crippen LogP contribution < -0.4 is 0 Å². The largest absolute Gasteiger partial charge is 0.464 e. The van der Waals surface area contributed by atoms with Crippen molar-refractivity contribution >= 4 is 12.1 Å². The number of ether oxygens (including phenoxy) is 2. The molecule has 0 aromatic heterocycles. The van der Waals surface area contributed by atoms with E-state index in [0.717, 1.165) is 12.0 Å². The maximum atomic E-state index is 12.7. The number of carbonyl (C=O) groups excluding carboxylic acids is 2. The van der Waals surface area contributed by atoms with Crippen LogP contribution in [0.1, 0.15) is 39.2 Å². The summed E-state index contributed by atoms with van der Waals surface area (Å²) in [5.41, 5.74) is 0.0355. The second-order valence-corrected chi connectivity index (χ2v) is 6.10. The van der Waals surface area contributed by atoms with Crippen LogP contribution in [-0.2, 0) is 20.7 Å². The molecule has 1 heterocycles. The first-order valence-electron chi connectivity index (χ1n) is 8.19. The number of likely N-dealkylation sites (tertiary alicyclic amines) is 1. The Balaban J connectivity index is 2.32. The second-order valence-electron chi connectivity index (χ2n) is 6.10. The molecule has 126 valence electrons. The standard InChI is InChI=1S/C18H25NO4/c1-4-22-16(20)18(13-15-9-6-5-7-10-15)11-8-12-19(18)17(21)23-14(2)3/h5-7,9-10,14H,4,8,11-13H2,1-3H3/t18-/m0/s1. The lowest BCUT2D eigenvalue weighted by molar-refractivity contribution is -0.155. The summed E-state index contributed by atoms with van der Waals surface area (Å²) in [6.45, 7) is 6.19. The van der Waals surface area contributed by atoms with Crippen LogP contribution in [0.4, 0.5) is 4.79 Å². The molecule has 0 saturated carbocycles. The summed E-state index contributed by atoms with van der Waals surface area (Å²) in [6.07, 6.45) is 1.13. The van der Waals surface area contributed by atoms with Crippen molar-refractivity contribution in [1.82, 2.24) is 4.90 Å². The van der Waals surface area contributed by atoms with E-state index >= 15 is 0 Å². The zero-order chi connectivity index (χ0) is 16.9. The molecule has 5 heteroatoms. The van der Waals surface area contributed by atoms with Crippen LogP contribution in [0.15, 0.2) is 30.3 Å². The Bertz CT molecular complexity index is 543. The first-order valence-corrected chi connectivity index (χ1v) is 8.19. The van der Waals surface area contributed by atoms with Crippen molar-refractivity contribution in [3.8, 4) is 0 Å². The van der Waals surface area contributed by atoms with Gasteiger partial charge in [-0.15, -0.1) is 0 Å². The summed E-state index contributed by atoms with van der Waals surface area (Å²) >= 11 is 0. The second kappa shape index (κ2) is 7.49. The predicted octanol–water partition coefficient (Wildman–Crippen LogP) is 3.17. The number of hydrogen-bond acceptors (Lipinski definition) is 4. The number of carbonyl (C=O) groups is 2. The van der Waals surface area contributed by atoms with Gasteiger partial charge in [-0.1, -0.05) is 30.3 Å². The zero-order valence-electron chi connectivity index (χ0n) is 14.1. The molecule has 1 aliphatic heterocycles. The van der Waals surface area contributed by atoms with E-state index in [-0.39, 0.29) is 12.1 Å². The predicted molar refractivity (Wildman–Crippen MR) is 87.1 cm³/mol. The number of rotatable bonds is 5. The van der Waals surface area contributed by atoms with Gasteiger partial charge < -0.3 is 9.47 Å². The Kier molecular flexibility index (Phi) is 5.64. The van der Waals surface area contributed by atoms with Gasteiger partial charge in [0.2, 0.25) is 0 Å². The third kappa shape index (κ3) is 3.84. The monoisotopic (exact) mass is 319 g/mol. The molecular weight excluding hydrogens is 294 g/mol. The molecule has 2 rings (SSSR count). The van der Waals surface area contributed by atoms with Gasteiger partial charge in [0, 0.05) is 13.0 Å². The van der Waals surface area contributed by atoms with Crippen molar-refractivity contribution < 1.29 is 19.1 Å². The SMILES string of the molecule is CCOC(=O)[C@@]1(Cc2ccccc2)CCCN1C(=O)OC(C)C. The lowest BCUT2D eigenvalue weighted by Gasteiger charge is -2.36. The van der Waals surface area contributed by atoms with Gasteiger partial charge in [-0.25, -0.2) is 9.59 Å². The van der Waals surface area contributed by atoms with E-state index < -0.39 is 11.6 Å². The smallest absolute Gasteiger partial charge is 0.410 e. The first kappa shape index (κ1) is 17.3. The Morgan fingerprint density at radius 3 is 2.57 bits per heavy atom. The summed E-state index contributed by atoms with van der Waals surface area (Å²) in [5, 5.41) is 0. The molecule has 0 radical (unpaired) electrons. The highest BCUT2D eigenvalue weighted by Crippen LogP contribution is 2.35. The van der Waals surface area contributed by atoms with Gasteiger partial charge >= 0.3 is 12.1 Å². The Morgan fingerprint density at radius 2 is 1.96 bits per heavy atom. The molecule has 1 saturated heterocycles. The summed E-state index contributed by atoms with van der Waals surface area (Å²) in [6, 6.07) is 9.72. The number of esters is 1. The van der Waals surface area contributed by atoms with E-state index in [4.69, 9.17) is 9.47 Å². The quantitative estimate of drug-likeness (QED) is 0.782. The van der Waals surface area contributed by atoms with E-state index in [1.54, 1.807) is 25.7 Å².